The van der Waals surface area contributed by atoms with Gasteiger partial charge in [-0.3, -0.25) is 9.59 Å². The number of benzene rings is 2. The molecule has 284 valence electrons. The number of ether oxygens (including phenoxy) is 2. The first kappa shape index (κ1) is 37.5. The first-order valence-electron chi connectivity index (χ1n) is 18.7. The average molecular weight is 751 g/mol. The van der Waals surface area contributed by atoms with E-state index in [2.05, 4.69) is 44.3 Å². The zero-order valence-corrected chi connectivity index (χ0v) is 33.4. The van der Waals surface area contributed by atoms with Gasteiger partial charge < -0.3 is 33.7 Å². The van der Waals surface area contributed by atoms with Gasteiger partial charge in [0.2, 0.25) is 5.78 Å². The Labute approximate surface area is 317 Å². The van der Waals surface area contributed by atoms with Crippen LogP contribution in [0.15, 0.2) is 82.7 Å². The highest BCUT2D eigenvalue weighted by molar-refractivity contribution is 6.74. The van der Waals surface area contributed by atoms with Gasteiger partial charge >= 0.3 is 0 Å². The van der Waals surface area contributed by atoms with Crippen LogP contribution in [0.25, 0.3) is 0 Å². The molecule has 0 amide bonds. The number of aliphatic hydroxyl groups is 1. The molecule has 11 nitrogen and oxygen atoms in total. The van der Waals surface area contributed by atoms with Crippen LogP contribution in [0.3, 0.4) is 0 Å². The Bertz CT molecular complexity index is 2090. The molecule has 12 heteroatoms. The molecular formula is C42H50N4O7Si. The van der Waals surface area contributed by atoms with Crippen LogP contribution in [0.1, 0.15) is 83.3 Å². The third kappa shape index (κ3) is 6.23. The Morgan fingerprint density at radius 1 is 0.981 bits per heavy atom. The third-order valence-electron chi connectivity index (χ3n) is 11.6. The Balaban J connectivity index is 1.41. The zero-order valence-electron chi connectivity index (χ0n) is 32.4. The molecule has 0 bridgehead atoms. The van der Waals surface area contributed by atoms with E-state index in [4.69, 9.17) is 23.4 Å². The minimum absolute atomic E-state index is 0.0250. The van der Waals surface area contributed by atoms with Gasteiger partial charge in [0.25, 0.3) is 5.88 Å². The van der Waals surface area contributed by atoms with Gasteiger partial charge in [-0.15, -0.1) is 0 Å². The number of aliphatic hydroxyl groups excluding tert-OH is 1. The van der Waals surface area contributed by atoms with E-state index in [1.807, 2.05) is 86.6 Å². The van der Waals surface area contributed by atoms with E-state index in [-0.39, 0.29) is 41.0 Å². The fourth-order valence-electron chi connectivity index (χ4n) is 7.94. The van der Waals surface area contributed by atoms with E-state index in [0.717, 1.165) is 16.7 Å². The van der Waals surface area contributed by atoms with E-state index < -0.39 is 43.4 Å². The highest BCUT2D eigenvalue weighted by Crippen LogP contribution is 2.59. The van der Waals surface area contributed by atoms with Crippen molar-refractivity contribution >= 4 is 25.7 Å². The molecular weight excluding hydrogens is 701 g/mol. The minimum Gasteiger partial charge on any atom is -0.508 e. The van der Waals surface area contributed by atoms with Crippen molar-refractivity contribution in [3.05, 3.63) is 112 Å². The van der Waals surface area contributed by atoms with Crippen molar-refractivity contribution in [3.8, 4) is 11.6 Å². The lowest BCUT2D eigenvalue weighted by Crippen LogP contribution is -2.65. The summed E-state index contributed by atoms with van der Waals surface area (Å²) in [5, 5.41) is 20.4. The van der Waals surface area contributed by atoms with Gasteiger partial charge in [-0.2, -0.15) is 0 Å². The Hall–Kier alpha value is -4.78. The van der Waals surface area contributed by atoms with Crippen molar-refractivity contribution in [2.24, 2.45) is 11.8 Å². The maximum Gasteiger partial charge on any atom is 0.265 e. The Morgan fingerprint density at radius 2 is 1.61 bits per heavy atom. The monoisotopic (exact) mass is 750 g/mol. The number of anilines is 1. The fourth-order valence-corrected chi connectivity index (χ4v) is 9.39. The second-order valence-corrected chi connectivity index (χ2v) is 21.0. The van der Waals surface area contributed by atoms with Gasteiger partial charge in [0.05, 0.1) is 17.8 Å². The Morgan fingerprint density at radius 3 is 2.20 bits per heavy atom. The number of carbonyl (C=O) groups is 2. The van der Waals surface area contributed by atoms with E-state index in [1.54, 1.807) is 6.20 Å². The number of fused-ring (bicyclic) bond motifs is 4. The molecule has 0 fully saturated rings. The number of ketones is 2. The highest BCUT2D eigenvalue weighted by atomic mass is 28.4. The number of rotatable bonds is 11. The van der Waals surface area contributed by atoms with Gasteiger partial charge in [-0.05, 0) is 59.7 Å². The molecule has 54 heavy (non-hydrogen) atoms. The number of Topliss-reactive ketones (excluding diaryl/α,β-unsaturated/α-hetero) is 2. The van der Waals surface area contributed by atoms with E-state index in [9.17, 15) is 5.11 Å². The van der Waals surface area contributed by atoms with Crippen molar-refractivity contribution in [2.45, 2.75) is 83.5 Å². The van der Waals surface area contributed by atoms with Crippen molar-refractivity contribution in [1.29, 1.82) is 0 Å². The van der Waals surface area contributed by atoms with E-state index >= 15 is 9.59 Å². The topological polar surface area (TPSA) is 136 Å². The summed E-state index contributed by atoms with van der Waals surface area (Å²) in [6.07, 6.45) is 2.33. The molecule has 4 aromatic rings. The number of nitrogens with zero attached hydrogens (tertiary/aromatic N) is 3. The molecule has 0 aliphatic heterocycles. The summed E-state index contributed by atoms with van der Waals surface area (Å²) in [4.78, 5) is 37.2. The second-order valence-electron chi connectivity index (χ2n) is 16.3. The summed E-state index contributed by atoms with van der Waals surface area (Å²) in [7, 11) is 0.926. The van der Waals surface area contributed by atoms with Gasteiger partial charge in [0.15, 0.2) is 25.5 Å². The number of hydrogen-bond acceptors (Lipinski definition) is 11. The molecule has 7 rings (SSSR count). The van der Waals surface area contributed by atoms with Crippen molar-refractivity contribution < 1.29 is 33.1 Å². The van der Waals surface area contributed by atoms with Gasteiger partial charge in [0, 0.05) is 31.1 Å². The third-order valence-corrected chi connectivity index (χ3v) is 16.0. The SMILES string of the molecule is CCN[C@@H]1c2onc(OCc3ccccc3)c2C(=O)[C@@]2(O[Si](C)(C)C(C)(C)C)C(O)=C3C(=O)c4c(OCc5ccccc5)cnc(N(C)C)c4C[C@H]3C[C@@H]12. The lowest BCUT2D eigenvalue weighted by Gasteiger charge is -2.54. The number of hydrogen-bond donors (Lipinski definition) is 2. The number of nitrogens with one attached hydrogen (secondary N) is 1. The summed E-state index contributed by atoms with van der Waals surface area (Å²) in [5.41, 5.74) is 1.28. The standard InChI is InChI=1S/C42H50N4O7Si/c1-9-43-34-29-21-27-20-28-32(30(22-44-39(28)46(5)6)50-23-25-16-12-10-13-17-25)35(47)31(27)37(48)42(29,53-54(7,8)41(2,3)4)38(49)33-36(34)52-45-40(33)51-24-26-18-14-11-15-19-26/h10-19,22,27,29,34,43,48H,9,20-21,23-24H2,1-8H3/t27-,29-,34-,42-/m0/s1. The molecule has 0 radical (unpaired) electrons. The van der Waals surface area contributed by atoms with Crippen molar-refractivity contribution in [3.63, 3.8) is 0 Å². The summed E-state index contributed by atoms with van der Waals surface area (Å²) < 4.78 is 25.7. The highest BCUT2D eigenvalue weighted by Gasteiger charge is 2.67. The molecule has 2 heterocycles. The maximum absolute atomic E-state index is 15.5. The Kier molecular flexibility index (Phi) is 9.82. The molecule has 0 saturated carbocycles. The summed E-state index contributed by atoms with van der Waals surface area (Å²) in [5.74, 6) is -1.00. The summed E-state index contributed by atoms with van der Waals surface area (Å²) in [6, 6.07) is 18.7. The quantitative estimate of drug-likeness (QED) is 0.145. The molecule has 2 aromatic heterocycles. The normalized spacial score (nSPS) is 22.3. The molecule has 4 atom stereocenters. The van der Waals surface area contributed by atoms with Crippen LogP contribution in [-0.2, 0) is 24.1 Å². The number of pyridine rings is 1. The fraction of sp³-hybridized carbons (Fsp3) is 0.429. The molecule has 2 aromatic carbocycles. The first-order valence-corrected chi connectivity index (χ1v) is 21.6. The predicted octanol–water partition coefficient (Wildman–Crippen LogP) is 7.79. The maximum atomic E-state index is 15.5. The van der Waals surface area contributed by atoms with Crippen LogP contribution in [-0.4, -0.2) is 61.4 Å². The van der Waals surface area contributed by atoms with E-state index in [0.29, 0.717) is 42.3 Å². The van der Waals surface area contributed by atoms with Crippen LogP contribution in [0.5, 0.6) is 11.6 Å². The molecule has 0 spiro atoms. The largest absolute Gasteiger partial charge is 0.508 e. The van der Waals surface area contributed by atoms with Gasteiger partial charge in [-0.25, -0.2) is 4.98 Å². The van der Waals surface area contributed by atoms with Crippen LogP contribution in [0.4, 0.5) is 5.82 Å². The number of allylic oxidation sites excluding steroid dienone is 1. The molecule has 0 saturated heterocycles. The molecule has 3 aliphatic rings. The van der Waals surface area contributed by atoms with Crippen LogP contribution >= 0.6 is 0 Å². The van der Waals surface area contributed by atoms with Crippen molar-refractivity contribution in [1.82, 2.24) is 15.5 Å². The average Bonchev–Trinajstić information content (AvgIpc) is 3.56. The van der Waals surface area contributed by atoms with Crippen LogP contribution < -0.4 is 19.7 Å². The molecule has 2 N–H and O–H groups in total. The summed E-state index contributed by atoms with van der Waals surface area (Å²) in [6.45, 7) is 13.3. The first-order chi connectivity index (χ1) is 25.7. The predicted molar refractivity (Wildman–Crippen MR) is 208 cm³/mol. The zero-order chi connectivity index (χ0) is 38.6. The minimum atomic E-state index is -2.86. The lowest BCUT2D eigenvalue weighted by molar-refractivity contribution is -0.0321. The number of carbonyl (C=O) groups excluding carboxylic acids is 2. The molecule has 3 aliphatic carbocycles. The van der Waals surface area contributed by atoms with Crippen LogP contribution in [0, 0.1) is 11.8 Å². The smallest absolute Gasteiger partial charge is 0.265 e. The second kappa shape index (κ2) is 14.1. The van der Waals surface area contributed by atoms with Gasteiger partial charge in [-0.1, -0.05) is 88.4 Å². The summed E-state index contributed by atoms with van der Waals surface area (Å²) >= 11 is 0. The van der Waals surface area contributed by atoms with Crippen LogP contribution in [0.2, 0.25) is 18.1 Å². The lowest BCUT2D eigenvalue weighted by atomic mass is 9.59. The van der Waals surface area contributed by atoms with E-state index in [1.165, 1.54) is 0 Å². The van der Waals surface area contributed by atoms with Gasteiger partial charge in [0.1, 0.15) is 36.1 Å². The number of aromatic nitrogens is 2. The van der Waals surface area contributed by atoms with Crippen molar-refractivity contribution in [2.75, 3.05) is 25.5 Å². The molecule has 0 unspecified atom stereocenters.